The summed E-state index contributed by atoms with van der Waals surface area (Å²) in [6, 6.07) is 51.5. The maximum Gasteiger partial charge on any atom is 0.252 e. The summed E-state index contributed by atoms with van der Waals surface area (Å²) in [5.74, 6) is 1.09. The Bertz CT molecular complexity index is 3450. The van der Waals surface area contributed by atoms with Crippen LogP contribution in [0.15, 0.2) is 157 Å². The molecule has 69 heavy (non-hydrogen) atoms. The Kier molecular flexibility index (Phi) is 8.81. The Hall–Kier alpha value is -6.52. The Morgan fingerprint density at radius 2 is 1.09 bits per heavy atom. The maximum atomic E-state index is 7.35. The molecule has 0 aromatic heterocycles. The summed E-state index contributed by atoms with van der Waals surface area (Å²) >= 11 is 0. The number of nitrogens with zero attached hydrogens (tertiary/aromatic N) is 2. The lowest BCUT2D eigenvalue weighted by atomic mass is 9.31. The van der Waals surface area contributed by atoms with Crippen molar-refractivity contribution in [1.29, 1.82) is 0 Å². The predicted molar refractivity (Wildman–Crippen MR) is 290 cm³/mol. The van der Waals surface area contributed by atoms with Crippen molar-refractivity contribution in [3.8, 4) is 16.9 Å². The number of benzene rings is 7. The smallest absolute Gasteiger partial charge is 0.252 e. The highest BCUT2D eigenvalue weighted by Crippen LogP contribution is 2.57. The van der Waals surface area contributed by atoms with E-state index in [1.165, 1.54) is 124 Å². The molecule has 7 aromatic rings. The third-order valence-corrected chi connectivity index (χ3v) is 17.9. The van der Waals surface area contributed by atoms with Gasteiger partial charge in [-0.3, -0.25) is 0 Å². The molecule has 0 saturated heterocycles. The first-order valence-corrected chi connectivity index (χ1v) is 25.5. The first kappa shape index (κ1) is 42.6. The van der Waals surface area contributed by atoms with Crippen molar-refractivity contribution < 1.29 is 4.74 Å². The fourth-order valence-electron chi connectivity index (χ4n) is 13.9. The van der Waals surface area contributed by atoms with E-state index in [-0.39, 0.29) is 40.4 Å². The molecule has 2 atom stereocenters. The van der Waals surface area contributed by atoms with Gasteiger partial charge in [0, 0.05) is 56.4 Å². The highest BCUT2D eigenvalue weighted by molar-refractivity contribution is 6.95. The summed E-state index contributed by atoms with van der Waals surface area (Å²) in [4.78, 5) is 5.34. The van der Waals surface area contributed by atoms with E-state index in [9.17, 15) is 0 Å². The molecule has 3 aliphatic heterocycles. The number of hydrogen-bond donors (Lipinski definition) is 0. The summed E-state index contributed by atoms with van der Waals surface area (Å²) in [5.41, 5.74) is 27.3. The first-order chi connectivity index (χ1) is 33.0. The van der Waals surface area contributed by atoms with Gasteiger partial charge in [0.1, 0.15) is 11.9 Å². The SMILES string of the molecule is Cc1ccccc1-c1cc2c3c(c1)N(c1cc4c(cc1C)C(C)(C)CCC4(C)C)c1cc4c(cc1B3C1=C(C=CC3c5ccccc5OC13)N2c1ccccc1C)C(C)(C)c1ccccc1C4(C)C. The number of allylic oxidation sites excluding steroid dienone is 1. The molecule has 2 unspecified atom stereocenters. The van der Waals surface area contributed by atoms with Crippen molar-refractivity contribution in [3.63, 3.8) is 0 Å². The monoisotopic (exact) mass is 899 g/mol. The van der Waals surface area contributed by atoms with Crippen molar-refractivity contribution in [1.82, 2.24) is 0 Å². The molecule has 6 aliphatic rings. The average molecular weight is 899 g/mol. The number of anilines is 5. The van der Waals surface area contributed by atoms with Gasteiger partial charge in [0.05, 0.1) is 0 Å². The zero-order valence-electron chi connectivity index (χ0n) is 42.3. The molecule has 342 valence electrons. The Morgan fingerprint density at radius 1 is 0.507 bits per heavy atom. The summed E-state index contributed by atoms with van der Waals surface area (Å²) in [5, 5.41) is 0. The van der Waals surface area contributed by atoms with Crippen molar-refractivity contribution in [2.75, 3.05) is 9.80 Å². The summed E-state index contributed by atoms with van der Waals surface area (Å²) in [6.07, 6.45) is 7.04. The van der Waals surface area contributed by atoms with E-state index >= 15 is 0 Å². The maximum absolute atomic E-state index is 7.35. The van der Waals surface area contributed by atoms with Crippen LogP contribution in [0.4, 0.5) is 28.4 Å². The van der Waals surface area contributed by atoms with Gasteiger partial charge in [0.2, 0.25) is 0 Å². The third-order valence-electron chi connectivity index (χ3n) is 17.9. The molecule has 0 radical (unpaired) electrons. The van der Waals surface area contributed by atoms with Crippen LogP contribution in [-0.2, 0) is 21.7 Å². The third kappa shape index (κ3) is 5.81. The number of aryl methyl sites for hydroxylation is 3. The molecule has 0 bridgehead atoms. The van der Waals surface area contributed by atoms with Crippen LogP contribution in [0.5, 0.6) is 5.75 Å². The molecule has 0 spiro atoms. The van der Waals surface area contributed by atoms with E-state index in [1.807, 2.05) is 0 Å². The molecule has 0 amide bonds. The van der Waals surface area contributed by atoms with E-state index in [0.717, 1.165) is 12.2 Å². The van der Waals surface area contributed by atoms with Crippen LogP contribution in [-0.4, -0.2) is 12.8 Å². The van der Waals surface area contributed by atoms with E-state index < -0.39 is 0 Å². The van der Waals surface area contributed by atoms with Gasteiger partial charge >= 0.3 is 0 Å². The molecule has 3 aliphatic carbocycles. The molecule has 0 saturated carbocycles. The fourth-order valence-corrected chi connectivity index (χ4v) is 13.9. The molecule has 3 nitrogen and oxygen atoms in total. The fraction of sp³-hybridized carbons (Fsp3) is 0.292. The second-order valence-electron chi connectivity index (χ2n) is 23.6. The number of rotatable bonds is 3. The zero-order chi connectivity index (χ0) is 47.7. The lowest BCUT2D eigenvalue weighted by Gasteiger charge is -2.50. The lowest BCUT2D eigenvalue weighted by molar-refractivity contribution is 0.262. The number of para-hydroxylation sites is 2. The van der Waals surface area contributed by atoms with Gasteiger partial charge in [-0.1, -0.05) is 159 Å². The topological polar surface area (TPSA) is 15.7 Å². The van der Waals surface area contributed by atoms with E-state index in [1.54, 1.807) is 0 Å². The second-order valence-corrected chi connectivity index (χ2v) is 23.6. The highest BCUT2D eigenvalue weighted by atomic mass is 16.5. The minimum absolute atomic E-state index is 0.0298. The number of hydrogen-bond acceptors (Lipinski definition) is 3. The first-order valence-electron chi connectivity index (χ1n) is 25.5. The summed E-state index contributed by atoms with van der Waals surface area (Å²) in [7, 11) is 0. The minimum atomic E-state index is -0.235. The summed E-state index contributed by atoms with van der Waals surface area (Å²) in [6.45, 7) is 26.5. The van der Waals surface area contributed by atoms with Crippen LogP contribution in [0.2, 0.25) is 0 Å². The molecule has 4 heteroatoms. The normalized spacial score (nSPS) is 20.9. The summed E-state index contributed by atoms with van der Waals surface area (Å²) < 4.78 is 7.35. The molecule has 7 aromatic carbocycles. The lowest BCUT2D eigenvalue weighted by Crippen LogP contribution is -2.59. The molecule has 13 rings (SSSR count). The van der Waals surface area contributed by atoms with E-state index in [4.69, 9.17) is 4.74 Å². The van der Waals surface area contributed by atoms with Crippen LogP contribution in [0, 0.1) is 20.8 Å². The van der Waals surface area contributed by atoms with Gasteiger partial charge in [0.25, 0.3) is 6.71 Å². The van der Waals surface area contributed by atoms with Gasteiger partial charge < -0.3 is 14.5 Å². The molecular formula is C65H63BN2O. The number of ether oxygens (including phenoxy) is 1. The molecule has 0 N–H and O–H groups in total. The Labute approximate surface area is 410 Å². The van der Waals surface area contributed by atoms with E-state index in [0.29, 0.717) is 0 Å². The van der Waals surface area contributed by atoms with Crippen LogP contribution in [0.3, 0.4) is 0 Å². The van der Waals surface area contributed by atoms with Crippen molar-refractivity contribution in [2.45, 2.75) is 123 Å². The average Bonchev–Trinajstić information content (AvgIpc) is 3.72. The van der Waals surface area contributed by atoms with Crippen LogP contribution in [0.1, 0.15) is 130 Å². The molecule has 0 fully saturated rings. The van der Waals surface area contributed by atoms with Crippen molar-refractivity contribution in [2.24, 2.45) is 0 Å². The van der Waals surface area contributed by atoms with Crippen LogP contribution >= 0.6 is 0 Å². The highest BCUT2D eigenvalue weighted by Gasteiger charge is 2.53. The second kappa shape index (κ2) is 14.3. The van der Waals surface area contributed by atoms with Crippen LogP contribution in [0.25, 0.3) is 11.1 Å². The van der Waals surface area contributed by atoms with Gasteiger partial charge in [-0.2, -0.15) is 0 Å². The van der Waals surface area contributed by atoms with E-state index in [2.05, 4.69) is 232 Å². The molecule has 3 heterocycles. The Balaban J connectivity index is 1.20. The quantitative estimate of drug-likeness (QED) is 0.164. The zero-order valence-corrected chi connectivity index (χ0v) is 42.3. The van der Waals surface area contributed by atoms with Crippen molar-refractivity contribution in [3.05, 3.63) is 212 Å². The largest absolute Gasteiger partial charge is 0.486 e. The van der Waals surface area contributed by atoms with Crippen LogP contribution < -0.4 is 25.5 Å². The van der Waals surface area contributed by atoms with Crippen molar-refractivity contribution >= 4 is 46.1 Å². The number of fused-ring (bicyclic) bond motifs is 10. The minimum Gasteiger partial charge on any atom is -0.486 e. The van der Waals surface area contributed by atoms with Gasteiger partial charge in [-0.25, -0.2) is 0 Å². The van der Waals surface area contributed by atoms with Gasteiger partial charge in [0.15, 0.2) is 0 Å². The Morgan fingerprint density at radius 3 is 1.78 bits per heavy atom. The van der Waals surface area contributed by atoms with Gasteiger partial charge in [-0.15, -0.1) is 0 Å². The van der Waals surface area contributed by atoms with Gasteiger partial charge in [-0.05, 0) is 165 Å². The standard InChI is InChI=1S/C65H63BN2O/c1-38-20-12-14-22-42(38)41-33-56-59-57(34-41)68(54-36-48-47(32-40(54)3)62(4,5)30-31-63(48,6)7)55-37-50-49(64(8,9)45-24-16-17-25-46(45)65(50,10)11)35-51(55)66(59)60-53(67(56)52-26-18-13-21-39(52)2)29-28-44-43-23-15-19-27-58(43)69-61(44)60/h12-29,32-37,44,61H,30-31H2,1-11H3. The molecular weight excluding hydrogens is 836 g/mol. The predicted octanol–water partition coefficient (Wildman–Crippen LogP) is 15.0.